The highest BCUT2D eigenvalue weighted by Gasteiger charge is 2.42. The summed E-state index contributed by atoms with van der Waals surface area (Å²) < 4.78 is 4.05. The molecule has 0 atom stereocenters. The van der Waals surface area contributed by atoms with Crippen LogP contribution >= 0.6 is 0 Å². The van der Waals surface area contributed by atoms with Gasteiger partial charge in [0, 0.05) is 24.5 Å². The average molecular weight is 545 g/mol. The Morgan fingerprint density at radius 3 is 1.67 bits per heavy atom. The molecule has 5 aromatic carbocycles. The van der Waals surface area contributed by atoms with Crippen molar-refractivity contribution in [2.75, 3.05) is 0 Å². The summed E-state index contributed by atoms with van der Waals surface area (Å²) >= 11 is 0. The zero-order valence-electron chi connectivity index (χ0n) is 22.9. The molecular weight excluding hydrogens is 516 g/mol. The molecule has 0 radical (unpaired) electrons. The molecule has 0 spiro atoms. The number of hydrogen-bond acceptors (Lipinski definition) is 4. The Morgan fingerprint density at radius 1 is 0.571 bits per heavy atom. The molecule has 0 aliphatic heterocycles. The second-order valence-corrected chi connectivity index (χ2v) is 10.2. The quantitative estimate of drug-likeness (QED) is 0.192. The number of benzene rings is 5. The van der Waals surface area contributed by atoms with Crippen LogP contribution < -0.4 is 0 Å². The van der Waals surface area contributed by atoms with E-state index in [9.17, 15) is 0 Å². The van der Waals surface area contributed by atoms with E-state index < -0.39 is 5.54 Å². The second-order valence-electron chi connectivity index (χ2n) is 10.2. The Kier molecular flexibility index (Phi) is 6.70. The highest BCUT2D eigenvalue weighted by Crippen LogP contribution is 2.43. The minimum Gasteiger partial charge on any atom is -0.333 e. The van der Waals surface area contributed by atoms with E-state index >= 15 is 0 Å². The molecule has 0 saturated heterocycles. The van der Waals surface area contributed by atoms with Crippen LogP contribution in [0.15, 0.2) is 158 Å². The van der Waals surface area contributed by atoms with Gasteiger partial charge in [-0.1, -0.05) is 140 Å². The van der Waals surface area contributed by atoms with Crippen LogP contribution in [0.25, 0.3) is 22.5 Å². The molecule has 0 aliphatic rings. The Bertz CT molecular complexity index is 1780. The van der Waals surface area contributed by atoms with Gasteiger partial charge in [0.1, 0.15) is 5.54 Å². The summed E-state index contributed by atoms with van der Waals surface area (Å²) in [5, 5.41) is 13.7. The van der Waals surface area contributed by atoms with E-state index in [1.807, 2.05) is 41.5 Å². The molecule has 0 fully saturated rings. The molecule has 0 aliphatic carbocycles. The molecule has 0 bridgehead atoms. The van der Waals surface area contributed by atoms with Gasteiger partial charge in [-0.05, 0) is 43.8 Å². The van der Waals surface area contributed by atoms with Crippen molar-refractivity contribution in [2.24, 2.45) is 0 Å². The van der Waals surface area contributed by atoms with Gasteiger partial charge in [-0.2, -0.15) is 0 Å². The molecule has 7 rings (SSSR count). The number of rotatable bonds is 8. The van der Waals surface area contributed by atoms with E-state index in [0.717, 1.165) is 39.9 Å². The summed E-state index contributed by atoms with van der Waals surface area (Å²) in [7, 11) is 0. The predicted octanol–water partition coefficient (Wildman–Crippen LogP) is 7.09. The maximum absolute atomic E-state index is 4.73. The van der Waals surface area contributed by atoms with Crippen LogP contribution in [0.3, 0.4) is 0 Å². The molecule has 6 nitrogen and oxygen atoms in total. The number of nitrogens with zero attached hydrogens (tertiary/aromatic N) is 6. The Morgan fingerprint density at radius 2 is 1.12 bits per heavy atom. The molecule has 2 heterocycles. The largest absolute Gasteiger partial charge is 0.333 e. The summed E-state index contributed by atoms with van der Waals surface area (Å²) in [6.45, 7) is 0.772. The van der Waals surface area contributed by atoms with Crippen LogP contribution in [-0.2, 0) is 12.1 Å². The number of hydrogen-bond donors (Lipinski definition) is 0. The second kappa shape index (κ2) is 11.1. The lowest BCUT2D eigenvalue weighted by Gasteiger charge is -2.36. The normalized spacial score (nSPS) is 11.4. The first kappa shape index (κ1) is 25.4. The summed E-state index contributed by atoms with van der Waals surface area (Å²) in [5.74, 6) is 0.685. The fourth-order valence-electron chi connectivity index (χ4n) is 5.80. The van der Waals surface area contributed by atoms with E-state index in [1.54, 1.807) is 6.20 Å². The van der Waals surface area contributed by atoms with Crippen LogP contribution in [-0.4, -0.2) is 29.8 Å². The zero-order chi connectivity index (χ0) is 28.2. The fourth-order valence-corrected chi connectivity index (χ4v) is 5.80. The molecule has 42 heavy (non-hydrogen) atoms. The number of imidazole rings is 1. The lowest BCUT2D eigenvalue weighted by Crippen LogP contribution is -2.39. The van der Waals surface area contributed by atoms with Gasteiger partial charge in [0.25, 0.3) is 0 Å². The van der Waals surface area contributed by atoms with Crippen LogP contribution in [0.2, 0.25) is 0 Å². The minimum absolute atomic E-state index is 0.685. The SMILES string of the molecule is c1ccc(C(c2ccccc2)(c2ccccc2)n2nnnc2-c2ccccc2-c2ccc(Cn3ccnc3)cc2)cc1. The van der Waals surface area contributed by atoms with Crippen molar-refractivity contribution < 1.29 is 0 Å². The van der Waals surface area contributed by atoms with Gasteiger partial charge in [-0.15, -0.1) is 5.10 Å². The third kappa shape index (κ3) is 4.49. The molecule has 0 amide bonds. The van der Waals surface area contributed by atoms with E-state index in [-0.39, 0.29) is 0 Å². The van der Waals surface area contributed by atoms with Gasteiger partial charge in [0.2, 0.25) is 0 Å². The van der Waals surface area contributed by atoms with Crippen LogP contribution in [0.5, 0.6) is 0 Å². The Hall–Kier alpha value is -5.62. The van der Waals surface area contributed by atoms with Crippen molar-refractivity contribution in [3.8, 4) is 22.5 Å². The molecule has 6 heteroatoms. The van der Waals surface area contributed by atoms with E-state index in [2.05, 4.69) is 135 Å². The molecule has 7 aromatic rings. The summed E-state index contributed by atoms with van der Waals surface area (Å²) in [6, 6.07) is 48.4. The Balaban J connectivity index is 1.42. The zero-order valence-corrected chi connectivity index (χ0v) is 22.9. The lowest BCUT2D eigenvalue weighted by atomic mass is 9.77. The first-order valence-corrected chi connectivity index (χ1v) is 13.9. The first-order chi connectivity index (χ1) is 20.8. The van der Waals surface area contributed by atoms with Gasteiger partial charge in [-0.3, -0.25) is 0 Å². The smallest absolute Gasteiger partial charge is 0.184 e. The third-order valence-electron chi connectivity index (χ3n) is 7.72. The van der Waals surface area contributed by atoms with E-state index in [4.69, 9.17) is 5.21 Å². The molecule has 0 unspecified atom stereocenters. The van der Waals surface area contributed by atoms with Gasteiger partial charge in [0.05, 0.1) is 6.33 Å². The number of aromatic nitrogens is 6. The van der Waals surface area contributed by atoms with E-state index in [1.165, 1.54) is 5.56 Å². The molecule has 202 valence electrons. The number of tetrazole rings is 1. The van der Waals surface area contributed by atoms with E-state index in [0.29, 0.717) is 5.82 Å². The van der Waals surface area contributed by atoms with Gasteiger partial charge >= 0.3 is 0 Å². The van der Waals surface area contributed by atoms with Gasteiger partial charge in [0.15, 0.2) is 5.82 Å². The summed E-state index contributed by atoms with van der Waals surface area (Å²) in [5.41, 5.74) is 6.70. The van der Waals surface area contributed by atoms with Crippen molar-refractivity contribution in [1.82, 2.24) is 29.8 Å². The molecule has 0 saturated carbocycles. The van der Waals surface area contributed by atoms with Crippen molar-refractivity contribution in [2.45, 2.75) is 12.1 Å². The summed E-state index contributed by atoms with van der Waals surface area (Å²) in [4.78, 5) is 4.16. The fraction of sp³-hybridized carbons (Fsp3) is 0.0556. The topological polar surface area (TPSA) is 61.4 Å². The monoisotopic (exact) mass is 544 g/mol. The first-order valence-electron chi connectivity index (χ1n) is 13.9. The van der Waals surface area contributed by atoms with Gasteiger partial charge in [-0.25, -0.2) is 9.67 Å². The molecular formula is C36H28N6. The highest BCUT2D eigenvalue weighted by molar-refractivity contribution is 5.81. The average Bonchev–Trinajstić information content (AvgIpc) is 3.77. The van der Waals surface area contributed by atoms with Crippen LogP contribution in [0, 0.1) is 0 Å². The lowest BCUT2D eigenvalue weighted by molar-refractivity contribution is 0.451. The van der Waals surface area contributed by atoms with Crippen LogP contribution in [0.1, 0.15) is 22.3 Å². The predicted molar refractivity (Wildman–Crippen MR) is 165 cm³/mol. The maximum Gasteiger partial charge on any atom is 0.184 e. The minimum atomic E-state index is -0.815. The van der Waals surface area contributed by atoms with Crippen molar-refractivity contribution in [3.63, 3.8) is 0 Å². The third-order valence-corrected chi connectivity index (χ3v) is 7.72. The standard InChI is InChI=1S/C36H28N6/c1-4-12-30(13-5-1)36(31-14-6-2-7-15-31,32-16-8-3-9-17-32)42-35(38-39-40-42)34-19-11-10-18-33(34)29-22-20-28(21-23-29)26-41-25-24-37-27-41/h1-25,27H,26H2. The van der Waals surface area contributed by atoms with Crippen molar-refractivity contribution in [1.29, 1.82) is 0 Å². The Labute approximate surface area is 244 Å². The highest BCUT2D eigenvalue weighted by atomic mass is 15.6. The maximum atomic E-state index is 4.73. The van der Waals surface area contributed by atoms with Gasteiger partial charge < -0.3 is 4.57 Å². The van der Waals surface area contributed by atoms with Crippen molar-refractivity contribution >= 4 is 0 Å². The van der Waals surface area contributed by atoms with Crippen molar-refractivity contribution in [3.05, 3.63) is 181 Å². The van der Waals surface area contributed by atoms with Crippen LogP contribution in [0.4, 0.5) is 0 Å². The summed E-state index contributed by atoms with van der Waals surface area (Å²) in [6.07, 6.45) is 5.61. The molecule has 0 N–H and O–H groups in total. The molecule has 2 aromatic heterocycles.